The van der Waals surface area contributed by atoms with Crippen molar-refractivity contribution >= 4 is 0 Å². The molecule has 0 saturated heterocycles. The Morgan fingerprint density at radius 3 is 2.29 bits per heavy atom. The van der Waals surface area contributed by atoms with Gasteiger partial charge in [0.25, 0.3) is 0 Å². The predicted molar refractivity (Wildman–Crippen MR) is 58.2 cm³/mol. The fraction of sp³-hybridized carbons (Fsp3) is 1.00. The van der Waals surface area contributed by atoms with E-state index in [4.69, 9.17) is 9.84 Å². The number of aliphatic hydroxyl groups excluding tert-OH is 1. The van der Waals surface area contributed by atoms with Gasteiger partial charge in [-0.25, -0.2) is 0 Å². The zero-order chi connectivity index (χ0) is 10.6. The van der Waals surface area contributed by atoms with E-state index in [1.54, 1.807) is 0 Å². The summed E-state index contributed by atoms with van der Waals surface area (Å²) in [7, 11) is 0. The molecule has 0 unspecified atom stereocenters. The summed E-state index contributed by atoms with van der Waals surface area (Å²) in [5.74, 6) is 0.876. The Kier molecular flexibility index (Phi) is 4.39. The van der Waals surface area contributed by atoms with Crippen molar-refractivity contribution in [3.63, 3.8) is 0 Å². The van der Waals surface area contributed by atoms with Gasteiger partial charge in [0, 0.05) is 5.41 Å². The van der Waals surface area contributed by atoms with E-state index in [9.17, 15) is 0 Å². The van der Waals surface area contributed by atoms with Crippen LogP contribution in [-0.4, -0.2) is 24.4 Å². The molecule has 1 N–H and O–H groups in total. The average Bonchev–Trinajstić information content (AvgIpc) is 2.17. The molecule has 0 aromatic rings. The van der Waals surface area contributed by atoms with E-state index in [0.29, 0.717) is 12.7 Å². The van der Waals surface area contributed by atoms with Gasteiger partial charge in [0.05, 0.1) is 19.3 Å². The molecule has 0 atom stereocenters. The fourth-order valence-electron chi connectivity index (χ4n) is 1.79. The molecule has 1 rings (SSSR count). The first-order valence-electron chi connectivity index (χ1n) is 5.76. The Bertz CT molecular complexity index is 158. The molecule has 84 valence electrons. The molecule has 1 aliphatic rings. The molecule has 2 nitrogen and oxygen atoms in total. The number of rotatable bonds is 4. The quantitative estimate of drug-likeness (QED) is 0.756. The van der Waals surface area contributed by atoms with Gasteiger partial charge in [-0.3, -0.25) is 0 Å². The van der Waals surface area contributed by atoms with E-state index in [1.807, 2.05) is 13.8 Å². The smallest absolute Gasteiger partial charge is 0.0575 e. The molecule has 0 bridgehead atoms. The summed E-state index contributed by atoms with van der Waals surface area (Å²) in [4.78, 5) is 0. The molecular weight excluding hydrogens is 176 g/mol. The standard InChI is InChI=1S/C12H24O2/c1-10-4-6-11(7-5-10)14-9-12(2,3)8-13/h10-11,13H,4-9H2,1-3H3. The lowest BCUT2D eigenvalue weighted by atomic mass is 9.88. The number of hydrogen-bond acceptors (Lipinski definition) is 2. The van der Waals surface area contributed by atoms with Crippen molar-refractivity contribution in [2.24, 2.45) is 11.3 Å². The van der Waals surface area contributed by atoms with Gasteiger partial charge in [0.15, 0.2) is 0 Å². The normalized spacial score (nSPS) is 29.1. The molecule has 2 heteroatoms. The van der Waals surface area contributed by atoms with E-state index in [0.717, 1.165) is 5.92 Å². The van der Waals surface area contributed by atoms with Crippen LogP contribution in [0.15, 0.2) is 0 Å². The Hall–Kier alpha value is -0.0800. The molecule has 0 aromatic carbocycles. The maximum atomic E-state index is 9.09. The molecule has 0 aromatic heterocycles. The highest BCUT2D eigenvalue weighted by atomic mass is 16.5. The van der Waals surface area contributed by atoms with Crippen LogP contribution >= 0.6 is 0 Å². The van der Waals surface area contributed by atoms with Gasteiger partial charge in [-0.15, -0.1) is 0 Å². The third kappa shape index (κ3) is 3.97. The summed E-state index contributed by atoms with van der Waals surface area (Å²) in [6.45, 7) is 7.28. The van der Waals surface area contributed by atoms with Crippen molar-refractivity contribution in [1.82, 2.24) is 0 Å². The maximum Gasteiger partial charge on any atom is 0.0575 e. The van der Waals surface area contributed by atoms with Gasteiger partial charge in [-0.05, 0) is 31.6 Å². The fourth-order valence-corrected chi connectivity index (χ4v) is 1.79. The van der Waals surface area contributed by atoms with Gasteiger partial charge >= 0.3 is 0 Å². The zero-order valence-electron chi connectivity index (χ0n) is 9.75. The molecule has 0 aliphatic heterocycles. The molecular formula is C12H24O2. The second-order valence-electron chi connectivity index (χ2n) is 5.52. The summed E-state index contributed by atoms with van der Waals surface area (Å²) in [5, 5.41) is 9.09. The van der Waals surface area contributed by atoms with Crippen molar-refractivity contribution in [2.45, 2.75) is 52.6 Å². The van der Waals surface area contributed by atoms with Gasteiger partial charge in [-0.1, -0.05) is 20.8 Å². The minimum Gasteiger partial charge on any atom is -0.396 e. The number of hydrogen-bond donors (Lipinski definition) is 1. The van der Waals surface area contributed by atoms with Gasteiger partial charge in [0.2, 0.25) is 0 Å². The van der Waals surface area contributed by atoms with Gasteiger partial charge in [0.1, 0.15) is 0 Å². The SMILES string of the molecule is CC1CCC(OCC(C)(C)CO)CC1. The minimum atomic E-state index is -0.0803. The van der Waals surface area contributed by atoms with Crippen LogP contribution in [0.5, 0.6) is 0 Å². The third-order valence-corrected chi connectivity index (χ3v) is 3.10. The van der Waals surface area contributed by atoms with Crippen molar-refractivity contribution < 1.29 is 9.84 Å². The second kappa shape index (κ2) is 5.13. The van der Waals surface area contributed by atoms with E-state index in [-0.39, 0.29) is 12.0 Å². The first-order chi connectivity index (χ1) is 6.53. The highest BCUT2D eigenvalue weighted by molar-refractivity contribution is 4.72. The maximum absolute atomic E-state index is 9.09. The van der Waals surface area contributed by atoms with E-state index in [1.165, 1.54) is 25.7 Å². The molecule has 0 radical (unpaired) electrons. The molecule has 0 spiro atoms. The van der Waals surface area contributed by atoms with Crippen molar-refractivity contribution in [2.75, 3.05) is 13.2 Å². The van der Waals surface area contributed by atoms with Crippen molar-refractivity contribution in [3.8, 4) is 0 Å². The first-order valence-corrected chi connectivity index (χ1v) is 5.76. The Balaban J connectivity index is 2.19. The molecule has 1 aliphatic carbocycles. The van der Waals surface area contributed by atoms with E-state index in [2.05, 4.69) is 6.92 Å². The highest BCUT2D eigenvalue weighted by Crippen LogP contribution is 2.27. The lowest BCUT2D eigenvalue weighted by Gasteiger charge is -2.30. The summed E-state index contributed by atoms with van der Waals surface area (Å²) < 4.78 is 5.83. The molecule has 0 amide bonds. The number of aliphatic hydroxyl groups is 1. The van der Waals surface area contributed by atoms with Gasteiger partial charge in [-0.2, -0.15) is 0 Å². The predicted octanol–water partition coefficient (Wildman–Crippen LogP) is 2.60. The lowest BCUT2D eigenvalue weighted by molar-refractivity contribution is -0.0357. The summed E-state index contributed by atoms with van der Waals surface area (Å²) in [5.41, 5.74) is -0.0803. The second-order valence-corrected chi connectivity index (χ2v) is 5.52. The van der Waals surface area contributed by atoms with E-state index < -0.39 is 0 Å². The van der Waals surface area contributed by atoms with Crippen LogP contribution in [-0.2, 0) is 4.74 Å². The van der Waals surface area contributed by atoms with Crippen LogP contribution in [0.2, 0.25) is 0 Å². The summed E-state index contributed by atoms with van der Waals surface area (Å²) in [6.07, 6.45) is 5.43. The molecule has 1 fully saturated rings. The van der Waals surface area contributed by atoms with Crippen LogP contribution in [0.1, 0.15) is 46.5 Å². The Labute approximate surface area is 87.7 Å². The Morgan fingerprint density at radius 2 is 1.79 bits per heavy atom. The zero-order valence-corrected chi connectivity index (χ0v) is 9.75. The number of ether oxygens (including phenoxy) is 1. The van der Waals surface area contributed by atoms with Crippen LogP contribution in [0.25, 0.3) is 0 Å². The molecule has 1 saturated carbocycles. The monoisotopic (exact) mass is 200 g/mol. The largest absolute Gasteiger partial charge is 0.396 e. The molecule has 0 heterocycles. The topological polar surface area (TPSA) is 29.5 Å². The Morgan fingerprint density at radius 1 is 1.21 bits per heavy atom. The highest BCUT2D eigenvalue weighted by Gasteiger charge is 2.22. The minimum absolute atomic E-state index is 0.0803. The van der Waals surface area contributed by atoms with Crippen LogP contribution in [0.4, 0.5) is 0 Å². The summed E-state index contributed by atoms with van der Waals surface area (Å²) >= 11 is 0. The average molecular weight is 200 g/mol. The lowest BCUT2D eigenvalue weighted by Crippen LogP contribution is -2.29. The van der Waals surface area contributed by atoms with Crippen molar-refractivity contribution in [1.29, 1.82) is 0 Å². The third-order valence-electron chi connectivity index (χ3n) is 3.10. The van der Waals surface area contributed by atoms with Crippen LogP contribution in [0, 0.1) is 11.3 Å². The van der Waals surface area contributed by atoms with Crippen molar-refractivity contribution in [3.05, 3.63) is 0 Å². The molecule has 14 heavy (non-hydrogen) atoms. The van der Waals surface area contributed by atoms with Gasteiger partial charge < -0.3 is 9.84 Å². The summed E-state index contributed by atoms with van der Waals surface area (Å²) in [6, 6.07) is 0. The van der Waals surface area contributed by atoms with Crippen LogP contribution < -0.4 is 0 Å². The van der Waals surface area contributed by atoms with E-state index >= 15 is 0 Å². The van der Waals surface area contributed by atoms with Crippen LogP contribution in [0.3, 0.4) is 0 Å². The first kappa shape index (κ1) is 12.0.